The molecular weight excluding hydrogens is 356 g/mol. The number of phenolic OH excluding ortho intramolecular Hbond substituents is 1. The number of amides is 1. The van der Waals surface area contributed by atoms with Crippen molar-refractivity contribution in [2.75, 3.05) is 14.2 Å². The Labute approximate surface area is 161 Å². The molecule has 2 aromatic heterocycles. The van der Waals surface area contributed by atoms with Crippen molar-refractivity contribution in [3.63, 3.8) is 0 Å². The number of carbonyl (C=O) groups excluding carboxylic acids is 1. The zero-order valence-electron chi connectivity index (χ0n) is 15.4. The van der Waals surface area contributed by atoms with Gasteiger partial charge in [-0.05, 0) is 48.0 Å². The number of rotatable bonds is 4. The van der Waals surface area contributed by atoms with E-state index in [9.17, 15) is 9.90 Å². The molecule has 0 atom stereocenters. The Balaban J connectivity index is 1.82. The Kier molecular flexibility index (Phi) is 4.41. The van der Waals surface area contributed by atoms with Crippen molar-refractivity contribution in [1.29, 1.82) is 0 Å². The molecule has 1 amide bonds. The molecule has 28 heavy (non-hydrogen) atoms. The first-order valence-electron chi connectivity index (χ1n) is 8.65. The number of aromatic nitrogens is 3. The van der Waals surface area contributed by atoms with Gasteiger partial charge in [0.25, 0.3) is 5.91 Å². The van der Waals surface area contributed by atoms with Crippen LogP contribution in [-0.2, 0) is 0 Å². The maximum atomic E-state index is 11.8. The zero-order chi connectivity index (χ0) is 19.7. The van der Waals surface area contributed by atoms with Crippen molar-refractivity contribution in [1.82, 2.24) is 20.3 Å². The van der Waals surface area contributed by atoms with Gasteiger partial charge in [-0.15, -0.1) is 0 Å². The van der Waals surface area contributed by atoms with Gasteiger partial charge in [0.15, 0.2) is 0 Å². The number of ether oxygens (including phenoxy) is 1. The van der Waals surface area contributed by atoms with Gasteiger partial charge >= 0.3 is 0 Å². The smallest absolute Gasteiger partial charge is 0.251 e. The van der Waals surface area contributed by atoms with E-state index in [0.29, 0.717) is 33.9 Å². The largest absolute Gasteiger partial charge is 0.507 e. The third-order valence-corrected chi connectivity index (χ3v) is 4.50. The highest BCUT2D eigenvalue weighted by Gasteiger charge is 2.14. The summed E-state index contributed by atoms with van der Waals surface area (Å²) in [5.41, 5.74) is 4.13. The van der Waals surface area contributed by atoms with Crippen molar-refractivity contribution >= 4 is 16.9 Å². The number of nitrogens with one attached hydrogen (secondary N) is 2. The van der Waals surface area contributed by atoms with Crippen molar-refractivity contribution < 1.29 is 14.6 Å². The maximum Gasteiger partial charge on any atom is 0.251 e. The molecule has 0 bridgehead atoms. The Hall–Kier alpha value is -3.87. The summed E-state index contributed by atoms with van der Waals surface area (Å²) in [6.45, 7) is 0. The summed E-state index contributed by atoms with van der Waals surface area (Å²) in [5.74, 6) is 0.925. The summed E-state index contributed by atoms with van der Waals surface area (Å²) in [4.78, 5) is 23.8. The van der Waals surface area contributed by atoms with Gasteiger partial charge in [-0.1, -0.05) is 6.07 Å². The number of aromatic hydroxyl groups is 1. The van der Waals surface area contributed by atoms with Crippen molar-refractivity contribution in [3.8, 4) is 34.1 Å². The second-order valence-electron chi connectivity index (χ2n) is 6.19. The summed E-state index contributed by atoms with van der Waals surface area (Å²) >= 11 is 0. The Morgan fingerprint density at radius 3 is 2.79 bits per heavy atom. The zero-order valence-corrected chi connectivity index (χ0v) is 15.4. The van der Waals surface area contributed by atoms with Crippen LogP contribution in [0.25, 0.3) is 33.5 Å². The highest BCUT2D eigenvalue weighted by atomic mass is 16.5. The molecule has 0 saturated heterocycles. The summed E-state index contributed by atoms with van der Waals surface area (Å²) in [6.07, 6.45) is 1.66. The fourth-order valence-corrected chi connectivity index (χ4v) is 3.09. The quantitative estimate of drug-likeness (QED) is 0.509. The minimum absolute atomic E-state index is 0.0946. The summed E-state index contributed by atoms with van der Waals surface area (Å²) in [6, 6.07) is 14.2. The van der Waals surface area contributed by atoms with Crippen LogP contribution in [-0.4, -0.2) is 40.1 Å². The molecule has 7 heteroatoms. The van der Waals surface area contributed by atoms with Crippen molar-refractivity contribution in [2.45, 2.75) is 0 Å². The van der Waals surface area contributed by atoms with Gasteiger partial charge in [-0.25, -0.2) is 9.97 Å². The van der Waals surface area contributed by atoms with Gasteiger partial charge in [-0.2, -0.15) is 0 Å². The molecule has 0 aliphatic carbocycles. The third-order valence-electron chi connectivity index (χ3n) is 4.50. The molecule has 4 rings (SSSR count). The van der Waals surface area contributed by atoms with Crippen LogP contribution in [0.5, 0.6) is 11.6 Å². The Bertz CT molecular complexity index is 1180. The number of aromatic amines is 1. The van der Waals surface area contributed by atoms with E-state index in [1.807, 2.05) is 18.2 Å². The van der Waals surface area contributed by atoms with Crippen LogP contribution in [0.15, 0.2) is 54.7 Å². The van der Waals surface area contributed by atoms with Gasteiger partial charge in [0.05, 0.1) is 23.7 Å². The van der Waals surface area contributed by atoms with Gasteiger partial charge in [0.2, 0.25) is 5.88 Å². The van der Waals surface area contributed by atoms with E-state index in [4.69, 9.17) is 4.74 Å². The number of phenols is 1. The number of fused-ring (bicyclic) bond motifs is 1. The van der Waals surface area contributed by atoms with Gasteiger partial charge in [0, 0.05) is 24.4 Å². The van der Waals surface area contributed by atoms with Crippen LogP contribution in [0.3, 0.4) is 0 Å². The number of imidazole rings is 1. The lowest BCUT2D eigenvalue weighted by molar-refractivity contribution is 0.0963. The molecule has 4 aromatic rings. The molecule has 2 aromatic carbocycles. The lowest BCUT2D eigenvalue weighted by Crippen LogP contribution is -2.17. The molecule has 140 valence electrons. The lowest BCUT2D eigenvalue weighted by atomic mass is 10.0. The second kappa shape index (κ2) is 7.03. The van der Waals surface area contributed by atoms with Gasteiger partial charge in [0.1, 0.15) is 11.6 Å². The van der Waals surface area contributed by atoms with Crippen LogP contribution in [0.2, 0.25) is 0 Å². The Morgan fingerprint density at radius 2 is 2.00 bits per heavy atom. The average Bonchev–Trinajstić information content (AvgIpc) is 3.16. The minimum Gasteiger partial charge on any atom is -0.507 e. The number of H-pyrrole nitrogens is 1. The number of methoxy groups -OCH3 is 1. The third kappa shape index (κ3) is 3.03. The fraction of sp³-hybridized carbons (Fsp3) is 0.0952. The van der Waals surface area contributed by atoms with Crippen LogP contribution < -0.4 is 10.1 Å². The number of carbonyl (C=O) groups is 1. The topological polar surface area (TPSA) is 100 Å². The Morgan fingerprint density at radius 1 is 1.14 bits per heavy atom. The van der Waals surface area contributed by atoms with Gasteiger partial charge < -0.3 is 20.1 Å². The molecule has 0 fully saturated rings. The molecule has 0 spiro atoms. The summed E-state index contributed by atoms with van der Waals surface area (Å²) in [5, 5.41) is 13.0. The molecule has 2 heterocycles. The monoisotopic (exact) mass is 374 g/mol. The fourth-order valence-electron chi connectivity index (χ4n) is 3.09. The number of hydrogen-bond donors (Lipinski definition) is 3. The van der Waals surface area contributed by atoms with E-state index >= 15 is 0 Å². The van der Waals surface area contributed by atoms with E-state index in [2.05, 4.69) is 20.3 Å². The first kappa shape index (κ1) is 17.5. The molecule has 0 radical (unpaired) electrons. The summed E-state index contributed by atoms with van der Waals surface area (Å²) in [7, 11) is 3.15. The van der Waals surface area contributed by atoms with E-state index in [1.165, 1.54) is 0 Å². The first-order chi connectivity index (χ1) is 13.6. The van der Waals surface area contributed by atoms with Gasteiger partial charge in [-0.3, -0.25) is 4.79 Å². The lowest BCUT2D eigenvalue weighted by Gasteiger charge is -2.09. The number of hydrogen-bond acceptors (Lipinski definition) is 5. The highest BCUT2D eigenvalue weighted by molar-refractivity contribution is 5.97. The van der Waals surface area contributed by atoms with Crippen molar-refractivity contribution in [2.24, 2.45) is 0 Å². The number of pyridine rings is 1. The predicted octanol–water partition coefficient (Wildman–Crippen LogP) is 3.37. The van der Waals surface area contributed by atoms with Crippen molar-refractivity contribution in [3.05, 3.63) is 60.3 Å². The van der Waals surface area contributed by atoms with E-state index in [0.717, 1.165) is 11.1 Å². The van der Waals surface area contributed by atoms with Crippen LogP contribution in [0, 0.1) is 0 Å². The SMILES string of the molecule is CNC(=O)c1ccc2nc(-c3cc(-c4cccnc4OC)ccc3O)[nH]c2c1. The summed E-state index contributed by atoms with van der Waals surface area (Å²) < 4.78 is 5.33. The molecule has 0 aliphatic heterocycles. The minimum atomic E-state index is -0.174. The maximum absolute atomic E-state index is 11.8. The first-order valence-corrected chi connectivity index (χ1v) is 8.65. The normalized spacial score (nSPS) is 10.8. The van der Waals surface area contributed by atoms with Crippen LogP contribution >= 0.6 is 0 Å². The molecule has 3 N–H and O–H groups in total. The van der Waals surface area contributed by atoms with E-state index in [-0.39, 0.29) is 11.7 Å². The predicted molar refractivity (Wildman–Crippen MR) is 106 cm³/mol. The van der Waals surface area contributed by atoms with Crippen LogP contribution in [0.1, 0.15) is 10.4 Å². The standard InChI is InChI=1S/C21H18N4O3/c1-22-20(27)13-5-7-16-17(11-13)25-19(24-16)15-10-12(6-8-18(15)26)14-4-3-9-23-21(14)28-2/h3-11,26H,1-2H3,(H,22,27)(H,24,25). The van der Waals surface area contributed by atoms with E-state index in [1.54, 1.807) is 50.7 Å². The number of nitrogens with zero attached hydrogens (tertiary/aromatic N) is 2. The second-order valence-corrected chi connectivity index (χ2v) is 6.19. The number of benzene rings is 2. The molecular formula is C21H18N4O3. The average molecular weight is 374 g/mol. The molecule has 7 nitrogen and oxygen atoms in total. The highest BCUT2D eigenvalue weighted by Crippen LogP contribution is 2.35. The molecule has 0 saturated carbocycles. The van der Waals surface area contributed by atoms with E-state index < -0.39 is 0 Å². The van der Waals surface area contributed by atoms with Crippen LogP contribution in [0.4, 0.5) is 0 Å². The molecule has 0 aliphatic rings. The molecule has 0 unspecified atom stereocenters.